The third-order valence-electron chi connectivity index (χ3n) is 2.18. The molecule has 1 unspecified atom stereocenters. The molecule has 0 fully saturated rings. The number of nitriles is 1. The highest BCUT2D eigenvalue weighted by molar-refractivity contribution is 6.29. The van der Waals surface area contributed by atoms with Crippen LogP contribution in [0.3, 0.4) is 0 Å². The van der Waals surface area contributed by atoms with E-state index >= 15 is 0 Å². The first-order valence-electron chi connectivity index (χ1n) is 5.08. The number of anilines is 1. The Labute approximate surface area is 99.9 Å². The van der Waals surface area contributed by atoms with Crippen LogP contribution in [0.4, 0.5) is 5.82 Å². The lowest BCUT2D eigenvalue weighted by Crippen LogP contribution is -2.13. The van der Waals surface area contributed by atoms with E-state index in [2.05, 4.69) is 10.3 Å². The maximum Gasteiger partial charge on any atom is 0.132 e. The van der Waals surface area contributed by atoms with E-state index in [1.54, 1.807) is 6.07 Å². The number of aliphatic hydroxyl groups is 1. The lowest BCUT2D eigenvalue weighted by Gasteiger charge is -2.11. The van der Waals surface area contributed by atoms with Crippen molar-refractivity contribution >= 4 is 17.4 Å². The van der Waals surface area contributed by atoms with E-state index in [0.29, 0.717) is 29.0 Å². The van der Waals surface area contributed by atoms with Crippen LogP contribution in [0.2, 0.25) is 5.15 Å². The van der Waals surface area contributed by atoms with Crippen molar-refractivity contribution in [1.29, 1.82) is 5.26 Å². The Bertz CT molecular complexity index is 389. The monoisotopic (exact) mass is 239 g/mol. The number of halogens is 1. The Morgan fingerprint density at radius 1 is 1.62 bits per heavy atom. The van der Waals surface area contributed by atoms with Gasteiger partial charge in [0.2, 0.25) is 0 Å². The normalized spacial score (nSPS) is 11.9. The lowest BCUT2D eigenvalue weighted by atomic mass is 10.1. The standard InChI is InChI=1S/C11H14ClN3O/c1-8(2-3-16)7-14-11-5-9(6-13)4-10(12)15-11/h4-5,8,16H,2-3,7H2,1H3,(H,14,15). The molecule has 0 bridgehead atoms. The van der Waals surface area contributed by atoms with Crippen molar-refractivity contribution < 1.29 is 5.11 Å². The topological polar surface area (TPSA) is 68.9 Å². The van der Waals surface area contributed by atoms with Crippen molar-refractivity contribution in [3.63, 3.8) is 0 Å². The molecule has 0 amide bonds. The van der Waals surface area contributed by atoms with E-state index in [9.17, 15) is 0 Å². The molecule has 1 atom stereocenters. The Morgan fingerprint density at radius 2 is 2.38 bits per heavy atom. The van der Waals surface area contributed by atoms with Crippen LogP contribution < -0.4 is 5.32 Å². The molecule has 0 aliphatic carbocycles. The van der Waals surface area contributed by atoms with Crippen LogP contribution >= 0.6 is 11.6 Å². The van der Waals surface area contributed by atoms with E-state index in [4.69, 9.17) is 22.0 Å². The molecule has 0 aliphatic rings. The SMILES string of the molecule is CC(CCO)CNc1cc(C#N)cc(Cl)n1. The zero-order chi connectivity index (χ0) is 12.0. The molecular weight excluding hydrogens is 226 g/mol. The number of aromatic nitrogens is 1. The first-order valence-corrected chi connectivity index (χ1v) is 5.46. The summed E-state index contributed by atoms with van der Waals surface area (Å²) in [7, 11) is 0. The number of aliphatic hydroxyl groups excluding tert-OH is 1. The summed E-state index contributed by atoms with van der Waals surface area (Å²) in [6.45, 7) is 2.90. The summed E-state index contributed by atoms with van der Waals surface area (Å²) >= 11 is 5.76. The van der Waals surface area contributed by atoms with Gasteiger partial charge < -0.3 is 10.4 Å². The van der Waals surface area contributed by atoms with Crippen LogP contribution in [0.15, 0.2) is 12.1 Å². The molecule has 1 aromatic heterocycles. The highest BCUT2D eigenvalue weighted by Gasteiger charge is 2.04. The van der Waals surface area contributed by atoms with Gasteiger partial charge >= 0.3 is 0 Å². The summed E-state index contributed by atoms with van der Waals surface area (Å²) in [5.74, 6) is 0.935. The molecule has 5 heteroatoms. The summed E-state index contributed by atoms with van der Waals surface area (Å²) in [4.78, 5) is 4.05. The number of nitrogens with one attached hydrogen (secondary N) is 1. The molecule has 0 radical (unpaired) electrons. The molecule has 0 aromatic carbocycles. The molecule has 1 rings (SSSR count). The quantitative estimate of drug-likeness (QED) is 0.772. The average Bonchev–Trinajstić information content (AvgIpc) is 2.26. The largest absolute Gasteiger partial charge is 0.396 e. The number of hydrogen-bond donors (Lipinski definition) is 2. The maximum atomic E-state index is 8.75. The van der Waals surface area contributed by atoms with Gasteiger partial charge in [0.1, 0.15) is 11.0 Å². The first kappa shape index (κ1) is 12.8. The minimum atomic E-state index is 0.176. The lowest BCUT2D eigenvalue weighted by molar-refractivity contribution is 0.266. The number of hydrogen-bond acceptors (Lipinski definition) is 4. The van der Waals surface area contributed by atoms with Crippen LogP contribution in [-0.2, 0) is 0 Å². The molecular formula is C11H14ClN3O. The van der Waals surface area contributed by atoms with Crippen molar-refractivity contribution in [2.24, 2.45) is 5.92 Å². The summed E-state index contributed by atoms with van der Waals surface area (Å²) < 4.78 is 0. The van der Waals surface area contributed by atoms with E-state index in [1.807, 2.05) is 13.0 Å². The smallest absolute Gasteiger partial charge is 0.132 e. The number of rotatable bonds is 5. The minimum absolute atomic E-state index is 0.176. The average molecular weight is 240 g/mol. The molecule has 0 aliphatic heterocycles. The van der Waals surface area contributed by atoms with Gasteiger partial charge in [0, 0.05) is 13.2 Å². The fourth-order valence-electron chi connectivity index (χ4n) is 1.25. The van der Waals surface area contributed by atoms with Gasteiger partial charge in [0.25, 0.3) is 0 Å². The van der Waals surface area contributed by atoms with Crippen molar-refractivity contribution in [1.82, 2.24) is 4.98 Å². The van der Waals surface area contributed by atoms with Crippen molar-refractivity contribution in [2.75, 3.05) is 18.5 Å². The van der Waals surface area contributed by atoms with E-state index in [0.717, 1.165) is 6.42 Å². The second-order valence-electron chi connectivity index (χ2n) is 3.67. The molecule has 86 valence electrons. The maximum absolute atomic E-state index is 8.75. The zero-order valence-electron chi connectivity index (χ0n) is 9.07. The third-order valence-corrected chi connectivity index (χ3v) is 2.37. The minimum Gasteiger partial charge on any atom is -0.396 e. The molecule has 16 heavy (non-hydrogen) atoms. The van der Waals surface area contributed by atoms with Crippen molar-refractivity contribution in [3.05, 3.63) is 22.8 Å². The fourth-order valence-corrected chi connectivity index (χ4v) is 1.46. The Balaban J connectivity index is 2.60. The Hall–Kier alpha value is -1.31. The van der Waals surface area contributed by atoms with Gasteiger partial charge in [-0.2, -0.15) is 5.26 Å². The van der Waals surface area contributed by atoms with Gasteiger partial charge in [-0.3, -0.25) is 0 Å². The summed E-state index contributed by atoms with van der Waals surface area (Å²) in [5.41, 5.74) is 0.484. The van der Waals surface area contributed by atoms with Crippen LogP contribution in [-0.4, -0.2) is 23.2 Å². The van der Waals surface area contributed by atoms with Crippen molar-refractivity contribution in [2.45, 2.75) is 13.3 Å². The van der Waals surface area contributed by atoms with Crippen molar-refractivity contribution in [3.8, 4) is 6.07 Å². The summed E-state index contributed by atoms with van der Waals surface area (Å²) in [5, 5.41) is 20.9. The third kappa shape index (κ3) is 4.05. The Morgan fingerprint density at radius 3 is 3.00 bits per heavy atom. The predicted molar refractivity (Wildman–Crippen MR) is 63.3 cm³/mol. The predicted octanol–water partition coefficient (Wildman–Crippen LogP) is 2.04. The van der Waals surface area contributed by atoms with Crippen LogP contribution in [0.5, 0.6) is 0 Å². The molecule has 1 heterocycles. The first-order chi connectivity index (χ1) is 7.65. The van der Waals surface area contributed by atoms with E-state index < -0.39 is 0 Å². The summed E-state index contributed by atoms with van der Waals surface area (Å²) in [6.07, 6.45) is 0.735. The van der Waals surface area contributed by atoms with Crippen LogP contribution in [0.25, 0.3) is 0 Å². The number of nitrogens with zero attached hydrogens (tertiary/aromatic N) is 2. The highest BCUT2D eigenvalue weighted by Crippen LogP contribution is 2.14. The highest BCUT2D eigenvalue weighted by atomic mass is 35.5. The van der Waals surface area contributed by atoms with Gasteiger partial charge in [-0.05, 0) is 24.5 Å². The molecule has 0 saturated carbocycles. The van der Waals surface area contributed by atoms with Crippen LogP contribution in [0.1, 0.15) is 18.9 Å². The molecule has 0 saturated heterocycles. The second kappa shape index (κ2) is 6.31. The second-order valence-corrected chi connectivity index (χ2v) is 4.06. The van der Waals surface area contributed by atoms with Gasteiger partial charge in [-0.1, -0.05) is 18.5 Å². The van der Waals surface area contributed by atoms with E-state index in [-0.39, 0.29) is 6.61 Å². The van der Waals surface area contributed by atoms with Gasteiger partial charge in [0.05, 0.1) is 11.6 Å². The van der Waals surface area contributed by atoms with Gasteiger partial charge in [-0.15, -0.1) is 0 Å². The van der Waals surface area contributed by atoms with Gasteiger partial charge in [-0.25, -0.2) is 4.98 Å². The van der Waals surface area contributed by atoms with E-state index in [1.165, 1.54) is 6.07 Å². The molecule has 4 nitrogen and oxygen atoms in total. The summed E-state index contributed by atoms with van der Waals surface area (Å²) in [6, 6.07) is 5.18. The molecule has 2 N–H and O–H groups in total. The molecule has 0 spiro atoms. The fraction of sp³-hybridized carbons (Fsp3) is 0.455. The zero-order valence-corrected chi connectivity index (χ0v) is 9.83. The van der Waals surface area contributed by atoms with Crippen LogP contribution in [0, 0.1) is 17.2 Å². The number of pyridine rings is 1. The Kier molecular flexibility index (Phi) is 5.03. The van der Waals surface area contributed by atoms with Gasteiger partial charge in [0.15, 0.2) is 0 Å². The molecule has 1 aromatic rings.